The lowest BCUT2D eigenvalue weighted by Crippen LogP contribution is -2.16. The molecule has 0 atom stereocenters. The fourth-order valence-corrected chi connectivity index (χ4v) is 5.26. The number of carbonyl (C=O) groups is 1. The van der Waals surface area contributed by atoms with Gasteiger partial charge in [0, 0.05) is 27.7 Å². The van der Waals surface area contributed by atoms with E-state index < -0.39 is 10.0 Å². The fraction of sp³-hybridized carbons (Fsp3) is 0.115. The Morgan fingerprint density at radius 3 is 2.26 bits per heavy atom. The average molecular weight is 565 g/mol. The Balaban J connectivity index is 1.40. The molecule has 0 radical (unpaired) electrons. The van der Waals surface area contributed by atoms with E-state index in [0.29, 0.717) is 38.4 Å². The number of aryl methyl sites for hydroxylation is 2. The maximum atomic E-state index is 12.7. The van der Waals surface area contributed by atoms with Crippen LogP contribution in [-0.4, -0.2) is 35.0 Å². The number of aromatic nitrogens is 3. The molecule has 4 rings (SSSR count). The average Bonchev–Trinajstić information content (AvgIpc) is 2.87. The maximum Gasteiger partial charge on any atom is 0.264 e. The van der Waals surface area contributed by atoms with E-state index in [2.05, 4.69) is 31.1 Å². The molecule has 9 nitrogen and oxygen atoms in total. The van der Waals surface area contributed by atoms with Crippen molar-refractivity contribution in [1.82, 2.24) is 15.0 Å². The van der Waals surface area contributed by atoms with E-state index in [0.717, 1.165) is 17.3 Å². The molecule has 38 heavy (non-hydrogen) atoms. The molecule has 0 unspecified atom stereocenters. The molecule has 0 aliphatic carbocycles. The monoisotopic (exact) mass is 564 g/mol. The second-order valence-corrected chi connectivity index (χ2v) is 11.2. The molecule has 0 aliphatic rings. The van der Waals surface area contributed by atoms with Gasteiger partial charge in [-0.25, -0.2) is 28.1 Å². The molecule has 0 saturated heterocycles. The van der Waals surface area contributed by atoms with E-state index in [1.165, 1.54) is 24.3 Å². The number of anilines is 2. The van der Waals surface area contributed by atoms with Gasteiger partial charge < -0.3 is 5.32 Å². The number of pyridine rings is 1. The third-order valence-corrected chi connectivity index (χ3v) is 7.70. The van der Waals surface area contributed by atoms with E-state index in [4.69, 9.17) is 11.6 Å². The highest BCUT2D eigenvalue weighted by Gasteiger charge is 2.17. The molecule has 0 aliphatic heterocycles. The molecule has 0 fully saturated rings. The van der Waals surface area contributed by atoms with Crippen molar-refractivity contribution >= 4 is 50.9 Å². The van der Waals surface area contributed by atoms with Gasteiger partial charge in [0.25, 0.3) is 10.0 Å². The summed E-state index contributed by atoms with van der Waals surface area (Å²) in [4.78, 5) is 25.3. The SMILES string of the molecule is Cc1cc(C)nc(NS(=O)(=O)c2ccc(NC(=O)CSc3nc(-c4ccc(Cl)cc4)ccc3C#N)cc2)n1. The first kappa shape index (κ1) is 27.1. The largest absolute Gasteiger partial charge is 0.325 e. The lowest BCUT2D eigenvalue weighted by molar-refractivity contribution is -0.113. The number of hydrogen-bond acceptors (Lipinski definition) is 8. The Bertz CT molecular complexity index is 1620. The van der Waals surface area contributed by atoms with Crippen LogP contribution in [0, 0.1) is 25.2 Å². The third-order valence-electron chi connectivity index (χ3n) is 5.12. The first-order valence-corrected chi connectivity index (χ1v) is 14.0. The van der Waals surface area contributed by atoms with Crippen molar-refractivity contribution in [1.29, 1.82) is 5.26 Å². The number of nitrogens with one attached hydrogen (secondary N) is 2. The Morgan fingerprint density at radius 2 is 1.63 bits per heavy atom. The molecule has 1 amide bonds. The van der Waals surface area contributed by atoms with Crippen LogP contribution in [0.5, 0.6) is 0 Å². The van der Waals surface area contributed by atoms with Crippen LogP contribution in [0.15, 0.2) is 76.7 Å². The van der Waals surface area contributed by atoms with E-state index in [1.54, 1.807) is 44.2 Å². The summed E-state index contributed by atoms with van der Waals surface area (Å²) < 4.78 is 27.8. The number of sulfonamides is 1. The normalized spacial score (nSPS) is 11.0. The van der Waals surface area contributed by atoms with Crippen molar-refractivity contribution in [3.05, 3.63) is 88.7 Å². The van der Waals surface area contributed by atoms with Gasteiger partial charge in [-0.15, -0.1) is 0 Å². The molecule has 2 aromatic heterocycles. The molecule has 192 valence electrons. The third kappa shape index (κ3) is 6.86. The van der Waals surface area contributed by atoms with Gasteiger partial charge in [0.2, 0.25) is 11.9 Å². The summed E-state index contributed by atoms with van der Waals surface area (Å²) in [6, 6.07) is 20.1. The quantitative estimate of drug-likeness (QED) is 0.278. The minimum Gasteiger partial charge on any atom is -0.325 e. The van der Waals surface area contributed by atoms with Crippen molar-refractivity contribution < 1.29 is 13.2 Å². The Kier molecular flexibility index (Phi) is 8.26. The Labute approximate surface area is 229 Å². The molecule has 2 aromatic carbocycles. The summed E-state index contributed by atoms with van der Waals surface area (Å²) in [5.74, 6) is -0.352. The second kappa shape index (κ2) is 11.6. The van der Waals surface area contributed by atoms with Crippen LogP contribution in [0.2, 0.25) is 5.02 Å². The molecule has 0 spiro atoms. The predicted octanol–water partition coefficient (Wildman–Crippen LogP) is 5.21. The highest BCUT2D eigenvalue weighted by molar-refractivity contribution is 8.00. The lowest BCUT2D eigenvalue weighted by Gasteiger charge is -2.10. The molecule has 2 heterocycles. The van der Waals surface area contributed by atoms with Crippen molar-refractivity contribution in [3.8, 4) is 17.3 Å². The van der Waals surface area contributed by atoms with Crippen LogP contribution >= 0.6 is 23.4 Å². The summed E-state index contributed by atoms with van der Waals surface area (Å²) in [6.07, 6.45) is 0. The number of benzene rings is 2. The first-order valence-electron chi connectivity index (χ1n) is 11.2. The predicted molar refractivity (Wildman–Crippen MR) is 148 cm³/mol. The fourth-order valence-electron chi connectivity index (χ4n) is 3.42. The van der Waals surface area contributed by atoms with E-state index in [-0.39, 0.29) is 22.5 Å². The summed E-state index contributed by atoms with van der Waals surface area (Å²) in [5, 5.41) is 13.2. The summed E-state index contributed by atoms with van der Waals surface area (Å²) in [6.45, 7) is 3.49. The molecular weight excluding hydrogens is 544 g/mol. The van der Waals surface area contributed by atoms with Gasteiger partial charge in [0.05, 0.1) is 21.9 Å². The van der Waals surface area contributed by atoms with Crippen LogP contribution < -0.4 is 10.0 Å². The van der Waals surface area contributed by atoms with Gasteiger partial charge >= 0.3 is 0 Å². The van der Waals surface area contributed by atoms with E-state index in [1.807, 2.05) is 12.1 Å². The smallest absolute Gasteiger partial charge is 0.264 e. The molecule has 2 N–H and O–H groups in total. The van der Waals surface area contributed by atoms with Crippen LogP contribution in [-0.2, 0) is 14.8 Å². The van der Waals surface area contributed by atoms with Gasteiger partial charge in [-0.2, -0.15) is 5.26 Å². The molecule has 0 bridgehead atoms. The number of hydrogen-bond donors (Lipinski definition) is 2. The number of nitrogens with zero attached hydrogens (tertiary/aromatic N) is 4. The van der Waals surface area contributed by atoms with Gasteiger partial charge in [0.15, 0.2) is 0 Å². The van der Waals surface area contributed by atoms with Gasteiger partial charge in [-0.1, -0.05) is 35.5 Å². The van der Waals surface area contributed by atoms with Crippen molar-refractivity contribution in [3.63, 3.8) is 0 Å². The minimum atomic E-state index is -3.91. The van der Waals surface area contributed by atoms with Gasteiger partial charge in [0.1, 0.15) is 11.1 Å². The van der Waals surface area contributed by atoms with Crippen molar-refractivity contribution in [2.24, 2.45) is 0 Å². The Hall–Kier alpha value is -3.98. The maximum absolute atomic E-state index is 12.7. The van der Waals surface area contributed by atoms with Crippen LogP contribution in [0.25, 0.3) is 11.3 Å². The number of carbonyl (C=O) groups excluding carboxylic acids is 1. The minimum absolute atomic E-state index is 0.00257. The molecule has 0 saturated carbocycles. The molecule has 4 aromatic rings. The van der Waals surface area contributed by atoms with Gasteiger partial charge in [-0.05, 0) is 68.4 Å². The number of halogens is 1. The van der Waals surface area contributed by atoms with E-state index >= 15 is 0 Å². The topological polar surface area (TPSA) is 138 Å². The van der Waals surface area contributed by atoms with Crippen molar-refractivity contribution in [2.45, 2.75) is 23.8 Å². The molecule has 12 heteroatoms. The lowest BCUT2D eigenvalue weighted by atomic mass is 10.1. The number of thioether (sulfide) groups is 1. The summed E-state index contributed by atoms with van der Waals surface area (Å²) >= 11 is 7.08. The summed E-state index contributed by atoms with van der Waals surface area (Å²) in [7, 11) is -3.91. The van der Waals surface area contributed by atoms with Crippen LogP contribution in [0.4, 0.5) is 11.6 Å². The zero-order valence-corrected chi connectivity index (χ0v) is 22.7. The number of nitriles is 1. The van der Waals surface area contributed by atoms with E-state index in [9.17, 15) is 18.5 Å². The summed E-state index contributed by atoms with van der Waals surface area (Å²) in [5.41, 5.74) is 3.54. The first-order chi connectivity index (χ1) is 18.1. The van der Waals surface area contributed by atoms with Crippen molar-refractivity contribution in [2.75, 3.05) is 15.8 Å². The van der Waals surface area contributed by atoms with Crippen LogP contribution in [0.3, 0.4) is 0 Å². The Morgan fingerprint density at radius 1 is 0.974 bits per heavy atom. The van der Waals surface area contributed by atoms with Gasteiger partial charge in [-0.3, -0.25) is 4.79 Å². The second-order valence-electron chi connectivity index (χ2n) is 8.11. The number of amides is 1. The zero-order chi connectivity index (χ0) is 27.3. The number of rotatable bonds is 8. The highest BCUT2D eigenvalue weighted by Crippen LogP contribution is 2.26. The van der Waals surface area contributed by atoms with Crippen LogP contribution in [0.1, 0.15) is 17.0 Å². The zero-order valence-electron chi connectivity index (χ0n) is 20.3. The highest BCUT2D eigenvalue weighted by atomic mass is 35.5. The standard InChI is InChI=1S/C26H21ClN6O3S2/c1-16-13-17(2)30-26(29-16)33-38(35,36)22-10-8-21(9-11-22)31-24(34)15-37-25-19(14-28)5-12-23(32-25)18-3-6-20(27)7-4-18/h3-13H,15H2,1-2H3,(H,31,34)(H,29,30,33). The molecular formula is C26H21ClN6O3S2.